The number of benzene rings is 3. The van der Waals surface area contributed by atoms with E-state index in [2.05, 4.69) is 109 Å². The molecule has 0 bridgehead atoms. The van der Waals surface area contributed by atoms with Crippen molar-refractivity contribution in [3.05, 3.63) is 90.5 Å². The first-order valence-corrected chi connectivity index (χ1v) is 10.2. The summed E-state index contributed by atoms with van der Waals surface area (Å²) in [6.45, 7) is 1.78. The second-order valence-electron chi connectivity index (χ2n) is 6.40. The normalized spacial score (nSPS) is 11.5. The van der Waals surface area contributed by atoms with Gasteiger partial charge in [0.1, 0.15) is 0 Å². The topological polar surface area (TPSA) is 15.6 Å². The van der Waals surface area contributed by atoms with E-state index in [-0.39, 0.29) is 0 Å². The molecule has 0 saturated carbocycles. The first-order chi connectivity index (χ1) is 12.8. The Morgan fingerprint density at radius 3 is 1.88 bits per heavy atom. The zero-order chi connectivity index (χ0) is 18.2. The molecular weight excluding hydrogens is 335 g/mol. The van der Waals surface area contributed by atoms with E-state index in [9.17, 15) is 0 Å². The highest BCUT2D eigenvalue weighted by Gasteiger charge is 2.18. The predicted molar refractivity (Wildman–Crippen MR) is 116 cm³/mol. The maximum Gasteiger partial charge on any atom is 0.0516 e. The molecule has 0 unspecified atom stereocenters. The lowest BCUT2D eigenvalue weighted by atomic mass is 10.2. The van der Waals surface area contributed by atoms with Crippen LogP contribution in [0.5, 0.6) is 0 Å². The van der Waals surface area contributed by atoms with Gasteiger partial charge in [-0.1, -0.05) is 84.9 Å². The van der Waals surface area contributed by atoms with Crippen molar-refractivity contribution in [2.45, 2.75) is 0 Å². The number of hydrogen-bond acceptors (Lipinski definition) is 2. The lowest BCUT2D eigenvalue weighted by Crippen LogP contribution is -2.23. The Kier molecular flexibility index (Phi) is 6.71. The van der Waals surface area contributed by atoms with Gasteiger partial charge in [-0.15, -0.1) is 0 Å². The summed E-state index contributed by atoms with van der Waals surface area (Å²) in [6.07, 6.45) is 2.04. The van der Waals surface area contributed by atoms with E-state index in [0.29, 0.717) is 0 Å². The molecule has 3 rings (SSSR count). The van der Waals surface area contributed by atoms with E-state index in [4.69, 9.17) is 0 Å². The Labute approximate surface area is 158 Å². The van der Waals surface area contributed by atoms with Gasteiger partial charge in [0.05, 0.1) is 6.54 Å². The van der Waals surface area contributed by atoms with Crippen LogP contribution in [0.4, 0.5) is 0 Å². The second kappa shape index (κ2) is 9.43. The highest BCUT2D eigenvalue weighted by atomic mass is 31.1. The fourth-order valence-corrected chi connectivity index (χ4v) is 5.22. The number of nitrogens with zero attached hydrogens (tertiary/aromatic N) is 2. The van der Waals surface area contributed by atoms with Crippen molar-refractivity contribution in [1.29, 1.82) is 0 Å². The van der Waals surface area contributed by atoms with E-state index in [1.54, 1.807) is 0 Å². The Hall–Kier alpha value is -2.28. The number of hydrogen-bond donors (Lipinski definition) is 0. The van der Waals surface area contributed by atoms with Crippen LogP contribution < -0.4 is 15.9 Å². The van der Waals surface area contributed by atoms with Crippen LogP contribution in [-0.2, 0) is 0 Å². The van der Waals surface area contributed by atoms with E-state index < -0.39 is 7.92 Å². The molecule has 26 heavy (non-hydrogen) atoms. The summed E-state index contributed by atoms with van der Waals surface area (Å²) in [5.41, 5.74) is 1.21. The molecular formula is C23H25N2P. The fraction of sp³-hybridized carbons (Fsp3) is 0.174. The molecule has 0 aromatic heterocycles. The largest absolute Gasteiger partial charge is 0.308 e. The van der Waals surface area contributed by atoms with Crippen LogP contribution in [0.25, 0.3) is 0 Å². The quantitative estimate of drug-likeness (QED) is 0.466. The summed E-state index contributed by atoms with van der Waals surface area (Å²) < 4.78 is 0. The van der Waals surface area contributed by atoms with Crippen molar-refractivity contribution in [3.63, 3.8) is 0 Å². The highest BCUT2D eigenvalue weighted by Crippen LogP contribution is 2.33. The van der Waals surface area contributed by atoms with Gasteiger partial charge in [0, 0.05) is 18.3 Å². The molecule has 0 fully saturated rings. The smallest absolute Gasteiger partial charge is 0.0516 e. The Morgan fingerprint density at radius 2 is 1.31 bits per heavy atom. The summed E-state index contributed by atoms with van der Waals surface area (Å²) >= 11 is 0. The third kappa shape index (κ3) is 4.88. The molecule has 3 heteroatoms. The van der Waals surface area contributed by atoms with Crippen molar-refractivity contribution in [2.24, 2.45) is 4.99 Å². The zero-order valence-electron chi connectivity index (χ0n) is 15.4. The van der Waals surface area contributed by atoms with E-state index in [1.807, 2.05) is 6.21 Å². The van der Waals surface area contributed by atoms with Crippen LogP contribution in [0.15, 0.2) is 89.9 Å². The van der Waals surface area contributed by atoms with Crippen LogP contribution in [-0.4, -0.2) is 38.3 Å². The molecule has 0 saturated heterocycles. The van der Waals surface area contributed by atoms with Gasteiger partial charge in [0.25, 0.3) is 0 Å². The summed E-state index contributed by atoms with van der Waals surface area (Å²) in [4.78, 5) is 6.81. The first kappa shape index (κ1) is 18.5. The average molecular weight is 360 g/mol. The molecule has 3 aromatic rings. The average Bonchev–Trinajstić information content (AvgIpc) is 2.68. The van der Waals surface area contributed by atoms with Crippen LogP contribution >= 0.6 is 7.92 Å². The van der Waals surface area contributed by atoms with Gasteiger partial charge in [-0.2, -0.15) is 0 Å². The molecule has 3 aromatic carbocycles. The summed E-state index contributed by atoms with van der Waals surface area (Å²) in [7, 11) is 3.55. The molecule has 132 valence electrons. The maximum absolute atomic E-state index is 4.66. The fourth-order valence-electron chi connectivity index (χ4n) is 2.80. The molecule has 0 amide bonds. The van der Waals surface area contributed by atoms with Crippen LogP contribution in [0.3, 0.4) is 0 Å². The van der Waals surface area contributed by atoms with Crippen LogP contribution in [0, 0.1) is 0 Å². The van der Waals surface area contributed by atoms with Gasteiger partial charge < -0.3 is 4.90 Å². The highest BCUT2D eigenvalue weighted by molar-refractivity contribution is 7.80. The van der Waals surface area contributed by atoms with Crippen molar-refractivity contribution >= 4 is 30.0 Å². The number of rotatable bonds is 7. The molecule has 0 spiro atoms. The molecule has 0 aliphatic carbocycles. The standard InChI is InChI=1S/C23H25N2P/c1-25(2)18-17-24-19-20-11-9-10-16-23(20)26(21-12-5-3-6-13-21)22-14-7-4-8-15-22/h3-16,19H,17-18H2,1-2H3. The molecule has 0 aliphatic rings. The van der Waals surface area contributed by atoms with Gasteiger partial charge in [0.2, 0.25) is 0 Å². The predicted octanol–water partition coefficient (Wildman–Crippen LogP) is 3.43. The third-order valence-corrected chi connectivity index (χ3v) is 6.63. The van der Waals surface area contributed by atoms with Gasteiger partial charge in [-0.05, 0) is 37.9 Å². The second-order valence-corrected chi connectivity index (χ2v) is 8.59. The third-order valence-electron chi connectivity index (χ3n) is 4.11. The van der Waals surface area contributed by atoms with E-state index in [0.717, 1.165) is 13.1 Å². The molecule has 0 radical (unpaired) electrons. The summed E-state index contributed by atoms with van der Waals surface area (Å²) in [6, 6.07) is 30.3. The molecule has 2 nitrogen and oxygen atoms in total. The number of likely N-dealkylation sites (N-methyl/N-ethyl adjacent to an activating group) is 1. The van der Waals surface area contributed by atoms with Gasteiger partial charge in [-0.3, -0.25) is 4.99 Å². The SMILES string of the molecule is CN(C)CCN=Cc1ccccc1P(c1ccccc1)c1ccccc1. The van der Waals surface area contributed by atoms with Crippen molar-refractivity contribution < 1.29 is 0 Å². The van der Waals surface area contributed by atoms with Crippen molar-refractivity contribution in [1.82, 2.24) is 4.90 Å². The number of aliphatic imine (C=N–C) groups is 1. The lowest BCUT2D eigenvalue weighted by Gasteiger charge is -2.21. The minimum atomic E-state index is -0.602. The monoisotopic (exact) mass is 360 g/mol. The van der Waals surface area contributed by atoms with E-state index in [1.165, 1.54) is 21.5 Å². The zero-order valence-corrected chi connectivity index (χ0v) is 16.3. The summed E-state index contributed by atoms with van der Waals surface area (Å²) in [5, 5.41) is 4.08. The Morgan fingerprint density at radius 1 is 0.769 bits per heavy atom. The molecule has 0 N–H and O–H groups in total. The Balaban J connectivity index is 2.00. The first-order valence-electron chi connectivity index (χ1n) is 8.89. The summed E-state index contributed by atoms with van der Waals surface area (Å²) in [5.74, 6) is 0. The van der Waals surface area contributed by atoms with Crippen molar-refractivity contribution in [2.75, 3.05) is 27.2 Å². The maximum atomic E-state index is 4.66. The van der Waals surface area contributed by atoms with Gasteiger partial charge in [-0.25, -0.2) is 0 Å². The minimum absolute atomic E-state index is 0.602. The van der Waals surface area contributed by atoms with Crippen LogP contribution in [0.2, 0.25) is 0 Å². The Bertz CT molecular complexity index is 790. The molecule has 0 aliphatic heterocycles. The molecule has 0 heterocycles. The van der Waals surface area contributed by atoms with Crippen LogP contribution in [0.1, 0.15) is 5.56 Å². The van der Waals surface area contributed by atoms with Gasteiger partial charge in [0.15, 0.2) is 0 Å². The van der Waals surface area contributed by atoms with Crippen molar-refractivity contribution in [3.8, 4) is 0 Å². The van der Waals surface area contributed by atoms with Gasteiger partial charge >= 0.3 is 0 Å². The minimum Gasteiger partial charge on any atom is -0.308 e. The van der Waals surface area contributed by atoms with E-state index >= 15 is 0 Å². The lowest BCUT2D eigenvalue weighted by molar-refractivity contribution is 0.421. The molecule has 0 atom stereocenters.